The molecule has 0 aliphatic rings. The molecule has 0 saturated heterocycles. The zero-order valence-electron chi connectivity index (χ0n) is 11.6. The predicted octanol–water partition coefficient (Wildman–Crippen LogP) is 3.64. The van der Waals surface area contributed by atoms with Crippen LogP contribution in [0.2, 0.25) is 0 Å². The smallest absolute Gasteiger partial charge is 0.308 e. The van der Waals surface area contributed by atoms with Crippen molar-refractivity contribution in [2.75, 3.05) is 13.2 Å². The quantitative estimate of drug-likeness (QED) is 0.326. The third kappa shape index (κ3) is 4.96. The number of rotatable bonds is 9. The molecule has 1 atom stereocenters. The van der Waals surface area contributed by atoms with Crippen LogP contribution in [-0.4, -0.2) is 19.1 Å². The summed E-state index contributed by atoms with van der Waals surface area (Å²) in [6.45, 7) is 4.23. The number of nitrogens with one attached hydrogen (secondary N) is 1. The summed E-state index contributed by atoms with van der Waals surface area (Å²) in [5.41, 5.74) is 9.60. The Hall–Kier alpha value is -1.36. The van der Waals surface area contributed by atoms with E-state index in [9.17, 15) is 4.57 Å². The lowest BCUT2D eigenvalue weighted by molar-refractivity contribution is 0.207. The molecular weight excluding hydrogens is 279 g/mol. The molecule has 1 N–H and O–H groups in total. The number of benzene rings is 1. The summed E-state index contributed by atoms with van der Waals surface area (Å²) in [6.07, 6.45) is 0. The van der Waals surface area contributed by atoms with Crippen LogP contribution in [0.5, 0.6) is 0 Å². The molecule has 1 aromatic rings. The van der Waals surface area contributed by atoms with Crippen LogP contribution in [0.3, 0.4) is 0 Å². The van der Waals surface area contributed by atoms with E-state index in [0.717, 1.165) is 5.56 Å². The highest BCUT2D eigenvalue weighted by Gasteiger charge is 2.34. The summed E-state index contributed by atoms with van der Waals surface area (Å²) < 4.78 is 22.9. The normalized spacial score (nSPS) is 12.7. The minimum Gasteiger partial charge on any atom is -0.308 e. The fourth-order valence-corrected chi connectivity index (χ4v) is 3.17. The second kappa shape index (κ2) is 8.74. The van der Waals surface area contributed by atoms with Crippen molar-refractivity contribution in [3.8, 4) is 0 Å². The summed E-state index contributed by atoms with van der Waals surface area (Å²) in [5.74, 6) is -1.05. The second-order valence-corrected chi connectivity index (χ2v) is 5.91. The summed E-state index contributed by atoms with van der Waals surface area (Å²) in [6, 6.07) is 9.51. The van der Waals surface area contributed by atoms with E-state index in [1.54, 1.807) is 13.8 Å². The first kappa shape index (κ1) is 16.7. The Morgan fingerprint density at radius 1 is 1.30 bits per heavy atom. The van der Waals surface area contributed by atoms with E-state index in [-0.39, 0.29) is 13.2 Å². The van der Waals surface area contributed by atoms with E-state index in [1.807, 2.05) is 30.3 Å². The Kier molecular flexibility index (Phi) is 7.30. The second-order valence-electron chi connectivity index (χ2n) is 3.82. The highest BCUT2D eigenvalue weighted by atomic mass is 31.2. The highest BCUT2D eigenvalue weighted by molar-refractivity contribution is 7.54. The van der Waals surface area contributed by atoms with Crippen LogP contribution in [0.25, 0.3) is 10.4 Å². The standard InChI is InChI=1S/C12H19N4O3P/c1-3-18-20(17,19-4-2)12(15-16-13)14-10-11-8-6-5-7-9-11/h5-9,12,14H,3-4,10H2,1-2H3. The molecule has 0 amide bonds. The molecule has 0 spiro atoms. The van der Waals surface area contributed by atoms with Gasteiger partial charge < -0.3 is 9.05 Å². The van der Waals surface area contributed by atoms with Gasteiger partial charge in [0.15, 0.2) is 5.91 Å². The molecule has 0 aromatic heterocycles. The molecule has 8 heteroatoms. The first-order valence-electron chi connectivity index (χ1n) is 6.36. The maximum absolute atomic E-state index is 12.6. The predicted molar refractivity (Wildman–Crippen MR) is 77.1 cm³/mol. The van der Waals surface area contributed by atoms with E-state index >= 15 is 0 Å². The Balaban J connectivity index is 2.81. The minimum atomic E-state index is -3.51. The molecule has 1 unspecified atom stereocenters. The van der Waals surface area contributed by atoms with Gasteiger partial charge in [-0.3, -0.25) is 9.88 Å². The molecule has 110 valence electrons. The van der Waals surface area contributed by atoms with Gasteiger partial charge in [-0.05, 0) is 24.9 Å². The largest absolute Gasteiger partial charge is 0.353 e. The van der Waals surface area contributed by atoms with Gasteiger partial charge in [-0.15, -0.1) is 0 Å². The van der Waals surface area contributed by atoms with Gasteiger partial charge in [-0.1, -0.05) is 35.4 Å². The van der Waals surface area contributed by atoms with Gasteiger partial charge in [0.1, 0.15) is 0 Å². The van der Waals surface area contributed by atoms with Crippen LogP contribution in [0.1, 0.15) is 19.4 Å². The SMILES string of the molecule is CCOP(=O)(OCC)C(N=[N+]=[N-])NCc1ccccc1. The fourth-order valence-electron chi connectivity index (χ4n) is 1.61. The molecule has 0 aliphatic heterocycles. The van der Waals surface area contributed by atoms with Crippen molar-refractivity contribution in [1.82, 2.24) is 5.32 Å². The molecule has 1 aromatic carbocycles. The lowest BCUT2D eigenvalue weighted by atomic mass is 10.2. The zero-order chi connectivity index (χ0) is 14.8. The lowest BCUT2D eigenvalue weighted by Crippen LogP contribution is -2.28. The van der Waals surface area contributed by atoms with Crippen molar-refractivity contribution in [2.24, 2.45) is 5.11 Å². The molecule has 1 rings (SSSR count). The number of nitrogens with zero attached hydrogens (tertiary/aromatic N) is 3. The van der Waals surface area contributed by atoms with Crippen LogP contribution >= 0.6 is 7.60 Å². The Morgan fingerprint density at radius 2 is 1.90 bits per heavy atom. The van der Waals surface area contributed by atoms with Gasteiger partial charge in [0.05, 0.1) is 13.2 Å². The van der Waals surface area contributed by atoms with Crippen LogP contribution in [0, 0.1) is 0 Å². The molecule has 0 bridgehead atoms. The Bertz CT molecular complexity index is 481. The molecule has 0 aliphatic carbocycles. The molecule has 7 nitrogen and oxygen atoms in total. The lowest BCUT2D eigenvalue weighted by Gasteiger charge is -2.23. The first-order valence-corrected chi connectivity index (χ1v) is 7.97. The molecule has 0 radical (unpaired) electrons. The van der Waals surface area contributed by atoms with Crippen LogP contribution in [0.4, 0.5) is 0 Å². The third-order valence-electron chi connectivity index (χ3n) is 2.41. The van der Waals surface area contributed by atoms with Crippen molar-refractivity contribution < 1.29 is 13.6 Å². The minimum absolute atomic E-state index is 0.210. The molecular formula is C12H19N4O3P. The monoisotopic (exact) mass is 298 g/mol. The van der Waals surface area contributed by atoms with E-state index in [1.165, 1.54) is 0 Å². The van der Waals surface area contributed by atoms with Gasteiger partial charge in [0.2, 0.25) is 0 Å². The summed E-state index contributed by atoms with van der Waals surface area (Å²) in [5, 5.41) is 6.42. The van der Waals surface area contributed by atoms with Crippen molar-refractivity contribution in [3.63, 3.8) is 0 Å². The third-order valence-corrected chi connectivity index (χ3v) is 4.53. The van der Waals surface area contributed by atoms with Gasteiger partial charge in [0, 0.05) is 11.5 Å². The van der Waals surface area contributed by atoms with Crippen molar-refractivity contribution in [1.29, 1.82) is 0 Å². The number of hydrogen-bond acceptors (Lipinski definition) is 5. The summed E-state index contributed by atoms with van der Waals surface area (Å²) in [4.78, 5) is 2.71. The molecule has 0 fully saturated rings. The Morgan fingerprint density at radius 3 is 2.40 bits per heavy atom. The number of azide groups is 1. The van der Waals surface area contributed by atoms with Crippen molar-refractivity contribution >= 4 is 7.60 Å². The Labute approximate surface area is 118 Å². The van der Waals surface area contributed by atoms with Crippen LogP contribution in [-0.2, 0) is 20.2 Å². The summed E-state index contributed by atoms with van der Waals surface area (Å²) in [7, 11) is -3.51. The maximum atomic E-state index is 12.6. The average Bonchev–Trinajstić information content (AvgIpc) is 2.45. The van der Waals surface area contributed by atoms with Crippen LogP contribution < -0.4 is 5.32 Å². The van der Waals surface area contributed by atoms with Crippen molar-refractivity contribution in [3.05, 3.63) is 46.3 Å². The topological polar surface area (TPSA) is 96.3 Å². The van der Waals surface area contributed by atoms with E-state index in [2.05, 4.69) is 15.3 Å². The zero-order valence-corrected chi connectivity index (χ0v) is 12.5. The van der Waals surface area contributed by atoms with E-state index < -0.39 is 13.5 Å². The maximum Gasteiger partial charge on any atom is 0.353 e. The van der Waals surface area contributed by atoms with E-state index in [4.69, 9.17) is 14.6 Å². The van der Waals surface area contributed by atoms with Gasteiger partial charge >= 0.3 is 7.60 Å². The van der Waals surface area contributed by atoms with Gasteiger partial charge in [-0.2, -0.15) is 0 Å². The number of hydrogen-bond donors (Lipinski definition) is 1. The van der Waals surface area contributed by atoms with E-state index in [0.29, 0.717) is 6.54 Å². The highest BCUT2D eigenvalue weighted by Crippen LogP contribution is 2.52. The van der Waals surface area contributed by atoms with Gasteiger partial charge in [-0.25, -0.2) is 0 Å². The molecule has 20 heavy (non-hydrogen) atoms. The van der Waals surface area contributed by atoms with Gasteiger partial charge in [0.25, 0.3) is 0 Å². The average molecular weight is 298 g/mol. The molecule has 0 saturated carbocycles. The first-order chi connectivity index (χ1) is 9.66. The fraction of sp³-hybridized carbons (Fsp3) is 0.500. The summed E-state index contributed by atoms with van der Waals surface area (Å²) >= 11 is 0. The van der Waals surface area contributed by atoms with Crippen molar-refractivity contribution in [2.45, 2.75) is 26.3 Å². The molecule has 0 heterocycles. The van der Waals surface area contributed by atoms with Crippen LogP contribution in [0.15, 0.2) is 35.4 Å².